The van der Waals surface area contributed by atoms with Crippen molar-refractivity contribution in [2.24, 2.45) is 0 Å². The van der Waals surface area contributed by atoms with Crippen molar-refractivity contribution in [2.75, 3.05) is 6.61 Å². The highest BCUT2D eigenvalue weighted by atomic mass is 16.5. The zero-order valence-electron chi connectivity index (χ0n) is 10.1. The van der Waals surface area contributed by atoms with Crippen molar-refractivity contribution in [3.8, 4) is 5.88 Å². The molecule has 0 atom stereocenters. The molecule has 1 aliphatic carbocycles. The Labute approximate surface area is 102 Å². The van der Waals surface area contributed by atoms with Crippen molar-refractivity contribution >= 4 is 0 Å². The first-order chi connectivity index (χ1) is 8.38. The van der Waals surface area contributed by atoms with Crippen LogP contribution in [0.25, 0.3) is 0 Å². The van der Waals surface area contributed by atoms with Gasteiger partial charge in [0.1, 0.15) is 0 Å². The average molecular weight is 233 g/mol. The molecule has 0 aliphatic heterocycles. The summed E-state index contributed by atoms with van der Waals surface area (Å²) >= 11 is 0. The van der Waals surface area contributed by atoms with Gasteiger partial charge in [-0.2, -0.15) is 0 Å². The quantitative estimate of drug-likeness (QED) is 0.551. The number of ether oxygens (including phenoxy) is 1. The van der Waals surface area contributed by atoms with E-state index in [1.165, 1.54) is 12.8 Å². The molecule has 4 nitrogen and oxygen atoms in total. The molecule has 0 aromatic carbocycles. The Bertz CT molecular complexity index is 363. The van der Waals surface area contributed by atoms with Gasteiger partial charge in [-0.1, -0.05) is 6.08 Å². The molecule has 2 rings (SSSR count). The number of nitrogens with zero attached hydrogens (tertiary/aromatic N) is 2. The van der Waals surface area contributed by atoms with Gasteiger partial charge in [0.05, 0.1) is 18.5 Å². The topological polar surface area (TPSA) is 47.0 Å². The predicted octanol–water partition coefficient (Wildman–Crippen LogP) is 2.07. The smallest absolute Gasteiger partial charge is 0.232 e. The minimum absolute atomic E-state index is 0.615. The third-order valence-electron chi connectivity index (χ3n) is 2.61. The Morgan fingerprint density at radius 3 is 3.12 bits per heavy atom. The lowest BCUT2D eigenvalue weighted by molar-refractivity contribution is 0.297. The Kier molecular flexibility index (Phi) is 4.50. The van der Waals surface area contributed by atoms with Crippen LogP contribution in [0.4, 0.5) is 0 Å². The maximum Gasteiger partial charge on any atom is 0.232 e. The van der Waals surface area contributed by atoms with Crippen LogP contribution in [0.2, 0.25) is 0 Å². The number of hydrogen-bond acceptors (Lipinski definition) is 4. The third-order valence-corrected chi connectivity index (χ3v) is 2.61. The first kappa shape index (κ1) is 12.0. The van der Waals surface area contributed by atoms with Gasteiger partial charge in [-0.3, -0.25) is 4.98 Å². The van der Waals surface area contributed by atoms with Crippen molar-refractivity contribution in [1.82, 2.24) is 15.3 Å². The summed E-state index contributed by atoms with van der Waals surface area (Å²) in [5.41, 5.74) is 0.943. The molecule has 92 valence electrons. The van der Waals surface area contributed by atoms with Crippen molar-refractivity contribution in [1.29, 1.82) is 0 Å². The summed E-state index contributed by atoms with van der Waals surface area (Å²) in [6.07, 6.45) is 9.84. The van der Waals surface area contributed by atoms with Gasteiger partial charge in [0, 0.05) is 18.8 Å². The molecule has 0 saturated heterocycles. The van der Waals surface area contributed by atoms with E-state index in [-0.39, 0.29) is 0 Å². The molecule has 1 aromatic rings. The molecule has 1 N–H and O–H groups in total. The number of rotatable bonds is 8. The van der Waals surface area contributed by atoms with Crippen LogP contribution in [0.5, 0.6) is 5.88 Å². The number of nitrogens with one attached hydrogen (secondary N) is 1. The summed E-state index contributed by atoms with van der Waals surface area (Å²) in [5.74, 6) is 0.615. The highest BCUT2D eigenvalue weighted by molar-refractivity contribution is 5.08. The van der Waals surface area contributed by atoms with E-state index in [0.29, 0.717) is 18.5 Å². The van der Waals surface area contributed by atoms with Crippen molar-refractivity contribution in [3.63, 3.8) is 0 Å². The maximum atomic E-state index is 5.52. The summed E-state index contributed by atoms with van der Waals surface area (Å²) in [5, 5.41) is 3.41. The van der Waals surface area contributed by atoms with E-state index in [1.54, 1.807) is 12.4 Å². The van der Waals surface area contributed by atoms with Crippen LogP contribution in [0.1, 0.15) is 31.4 Å². The van der Waals surface area contributed by atoms with Crippen LogP contribution in [0, 0.1) is 0 Å². The third kappa shape index (κ3) is 4.53. The fourth-order valence-electron chi connectivity index (χ4n) is 1.48. The minimum atomic E-state index is 0.615. The van der Waals surface area contributed by atoms with Gasteiger partial charge in [0.15, 0.2) is 0 Å². The van der Waals surface area contributed by atoms with Gasteiger partial charge >= 0.3 is 0 Å². The molecule has 1 saturated carbocycles. The van der Waals surface area contributed by atoms with Crippen LogP contribution in [-0.4, -0.2) is 22.6 Å². The van der Waals surface area contributed by atoms with Gasteiger partial charge in [0.25, 0.3) is 0 Å². The predicted molar refractivity (Wildman–Crippen MR) is 66.8 cm³/mol. The maximum absolute atomic E-state index is 5.52. The molecule has 0 bridgehead atoms. The van der Waals surface area contributed by atoms with Crippen molar-refractivity contribution in [2.45, 2.75) is 38.3 Å². The van der Waals surface area contributed by atoms with Gasteiger partial charge in [-0.15, -0.1) is 6.58 Å². The van der Waals surface area contributed by atoms with Crippen LogP contribution in [0.15, 0.2) is 25.0 Å². The normalized spacial score (nSPS) is 14.6. The Morgan fingerprint density at radius 2 is 2.35 bits per heavy atom. The monoisotopic (exact) mass is 233 g/mol. The van der Waals surface area contributed by atoms with Gasteiger partial charge in [0.2, 0.25) is 5.88 Å². The Balaban J connectivity index is 1.75. The lowest BCUT2D eigenvalue weighted by Gasteiger charge is -2.06. The minimum Gasteiger partial charge on any atom is -0.477 e. The molecule has 1 fully saturated rings. The van der Waals surface area contributed by atoms with Gasteiger partial charge in [-0.05, 0) is 25.7 Å². The Hall–Kier alpha value is -1.42. The lowest BCUT2D eigenvalue weighted by Crippen LogP contribution is -2.16. The standard InChI is InChI=1S/C13H19N3O/c1-2-3-4-7-17-13-10-14-8-12(16-13)9-15-11-5-6-11/h2,8,10-11,15H,1,3-7,9H2. The fraction of sp³-hybridized carbons (Fsp3) is 0.538. The van der Waals surface area contributed by atoms with Crippen LogP contribution < -0.4 is 10.1 Å². The molecule has 1 aromatic heterocycles. The van der Waals surface area contributed by atoms with Crippen molar-refractivity contribution < 1.29 is 4.74 Å². The van der Waals surface area contributed by atoms with E-state index in [9.17, 15) is 0 Å². The van der Waals surface area contributed by atoms with E-state index in [1.807, 2.05) is 6.08 Å². The summed E-state index contributed by atoms with van der Waals surface area (Å²) in [6, 6.07) is 0.689. The summed E-state index contributed by atoms with van der Waals surface area (Å²) < 4.78 is 5.52. The first-order valence-corrected chi connectivity index (χ1v) is 6.16. The molecule has 1 heterocycles. The second kappa shape index (κ2) is 6.35. The molecule has 17 heavy (non-hydrogen) atoms. The molecule has 0 amide bonds. The van der Waals surface area contributed by atoms with Crippen LogP contribution >= 0.6 is 0 Å². The molecular weight excluding hydrogens is 214 g/mol. The van der Waals surface area contributed by atoms with E-state index in [2.05, 4.69) is 21.9 Å². The number of allylic oxidation sites excluding steroid dienone is 1. The van der Waals surface area contributed by atoms with Gasteiger partial charge in [-0.25, -0.2) is 4.98 Å². The summed E-state index contributed by atoms with van der Waals surface area (Å²) in [7, 11) is 0. The fourth-order valence-corrected chi connectivity index (χ4v) is 1.48. The molecule has 1 aliphatic rings. The number of unbranched alkanes of at least 4 members (excludes halogenated alkanes) is 1. The highest BCUT2D eigenvalue weighted by Crippen LogP contribution is 2.19. The van der Waals surface area contributed by atoms with Gasteiger partial charge < -0.3 is 10.1 Å². The summed E-state index contributed by atoms with van der Waals surface area (Å²) in [6.45, 7) is 5.12. The van der Waals surface area contributed by atoms with Crippen LogP contribution in [0.3, 0.4) is 0 Å². The summed E-state index contributed by atoms with van der Waals surface area (Å²) in [4.78, 5) is 8.53. The molecular formula is C13H19N3O. The Morgan fingerprint density at radius 1 is 1.47 bits per heavy atom. The largest absolute Gasteiger partial charge is 0.477 e. The van der Waals surface area contributed by atoms with E-state index in [4.69, 9.17) is 4.74 Å². The highest BCUT2D eigenvalue weighted by Gasteiger charge is 2.20. The van der Waals surface area contributed by atoms with Crippen LogP contribution in [-0.2, 0) is 6.54 Å². The van der Waals surface area contributed by atoms with E-state index in [0.717, 1.165) is 25.1 Å². The van der Waals surface area contributed by atoms with E-state index >= 15 is 0 Å². The first-order valence-electron chi connectivity index (χ1n) is 6.16. The van der Waals surface area contributed by atoms with Crippen molar-refractivity contribution in [3.05, 3.63) is 30.7 Å². The molecule has 0 radical (unpaired) electrons. The van der Waals surface area contributed by atoms with E-state index < -0.39 is 0 Å². The second-order valence-corrected chi connectivity index (χ2v) is 4.28. The number of hydrogen-bond donors (Lipinski definition) is 1. The molecule has 0 unspecified atom stereocenters. The average Bonchev–Trinajstić information content (AvgIpc) is 3.17. The number of aromatic nitrogens is 2. The zero-order chi connectivity index (χ0) is 11.9. The molecule has 4 heteroatoms. The second-order valence-electron chi connectivity index (χ2n) is 4.28. The SMILES string of the molecule is C=CCCCOc1cncc(CNC2CC2)n1. The molecule has 0 spiro atoms. The zero-order valence-corrected chi connectivity index (χ0v) is 10.1. The lowest BCUT2D eigenvalue weighted by atomic mass is 10.3.